The summed E-state index contributed by atoms with van der Waals surface area (Å²) in [7, 11) is 0. The summed E-state index contributed by atoms with van der Waals surface area (Å²) in [6, 6.07) is 10.2. The Balaban J connectivity index is 1.45. The van der Waals surface area contributed by atoms with E-state index < -0.39 is 0 Å². The van der Waals surface area contributed by atoms with Gasteiger partial charge in [0.2, 0.25) is 0 Å². The van der Waals surface area contributed by atoms with Crippen molar-refractivity contribution >= 4 is 5.91 Å². The standard InChI is InChI=1S/C26H36N4O/c1-3-29(4-2)11-10-27-25(31)23-18-30(22-8-6-5-7-9-22)28-24(23)26-15-19-12-20(16-26)14-21(13-19)17-26/h5-9,18-21H,3-4,10-17H2,1-2H3,(H,27,31). The molecule has 1 aromatic carbocycles. The largest absolute Gasteiger partial charge is 0.351 e. The highest BCUT2D eigenvalue weighted by Crippen LogP contribution is 2.60. The number of carbonyl (C=O) groups is 1. The second-order valence-electron chi connectivity index (χ2n) is 10.2. The van der Waals surface area contributed by atoms with Gasteiger partial charge in [-0.05, 0) is 81.5 Å². The van der Waals surface area contributed by atoms with Crippen LogP contribution in [0.15, 0.2) is 36.5 Å². The van der Waals surface area contributed by atoms with Crippen LogP contribution < -0.4 is 5.32 Å². The summed E-state index contributed by atoms with van der Waals surface area (Å²) in [5, 5.41) is 8.31. The highest BCUT2D eigenvalue weighted by Gasteiger charge is 2.53. The first-order chi connectivity index (χ1) is 15.1. The molecule has 31 heavy (non-hydrogen) atoms. The number of nitrogens with one attached hydrogen (secondary N) is 1. The molecule has 5 heteroatoms. The molecule has 4 saturated carbocycles. The van der Waals surface area contributed by atoms with Gasteiger partial charge in [0.15, 0.2) is 0 Å². The lowest BCUT2D eigenvalue weighted by Crippen LogP contribution is -2.49. The monoisotopic (exact) mass is 420 g/mol. The Morgan fingerprint density at radius 2 is 1.68 bits per heavy atom. The van der Waals surface area contributed by atoms with Crippen molar-refractivity contribution in [1.82, 2.24) is 20.0 Å². The molecule has 4 bridgehead atoms. The SMILES string of the molecule is CCN(CC)CCNC(=O)c1cn(-c2ccccc2)nc1C12CC3CC(CC(C3)C1)C2. The van der Waals surface area contributed by atoms with Gasteiger partial charge in [0.05, 0.1) is 16.9 Å². The third-order valence-corrected chi connectivity index (χ3v) is 8.13. The van der Waals surface area contributed by atoms with Crippen LogP contribution in [0.5, 0.6) is 0 Å². The minimum Gasteiger partial charge on any atom is -0.351 e. The van der Waals surface area contributed by atoms with Gasteiger partial charge in [0, 0.05) is 24.7 Å². The molecule has 4 aliphatic carbocycles. The maximum absolute atomic E-state index is 13.4. The Morgan fingerprint density at radius 3 is 2.26 bits per heavy atom. The van der Waals surface area contributed by atoms with E-state index in [9.17, 15) is 4.79 Å². The summed E-state index contributed by atoms with van der Waals surface area (Å²) >= 11 is 0. The van der Waals surface area contributed by atoms with Gasteiger partial charge >= 0.3 is 0 Å². The van der Waals surface area contributed by atoms with Gasteiger partial charge in [-0.2, -0.15) is 5.10 Å². The molecule has 0 atom stereocenters. The zero-order valence-corrected chi connectivity index (χ0v) is 19.0. The van der Waals surface area contributed by atoms with Crippen molar-refractivity contribution in [3.05, 3.63) is 47.8 Å². The number of para-hydroxylation sites is 1. The molecule has 166 valence electrons. The Morgan fingerprint density at radius 1 is 1.06 bits per heavy atom. The number of benzene rings is 1. The summed E-state index contributed by atoms with van der Waals surface area (Å²) in [5.41, 5.74) is 2.98. The summed E-state index contributed by atoms with van der Waals surface area (Å²) in [6.45, 7) is 7.92. The second kappa shape index (κ2) is 8.42. The van der Waals surface area contributed by atoms with Gasteiger partial charge in [-0.25, -0.2) is 4.68 Å². The van der Waals surface area contributed by atoms with Crippen LogP contribution >= 0.6 is 0 Å². The average molecular weight is 421 g/mol. The molecule has 1 heterocycles. The number of hydrogen-bond acceptors (Lipinski definition) is 3. The first kappa shape index (κ1) is 20.7. The molecule has 4 aliphatic rings. The van der Waals surface area contributed by atoms with Gasteiger partial charge in [-0.15, -0.1) is 0 Å². The molecule has 2 aromatic rings. The summed E-state index contributed by atoms with van der Waals surface area (Å²) < 4.78 is 1.94. The van der Waals surface area contributed by atoms with Crippen molar-refractivity contribution in [3.63, 3.8) is 0 Å². The van der Waals surface area contributed by atoms with Crippen LogP contribution in [0.25, 0.3) is 5.69 Å². The van der Waals surface area contributed by atoms with E-state index in [1.165, 1.54) is 38.5 Å². The fraction of sp³-hybridized carbons (Fsp3) is 0.615. The number of rotatable bonds is 8. The lowest BCUT2D eigenvalue weighted by Gasteiger charge is -2.56. The molecule has 0 aliphatic heterocycles. The Bertz CT molecular complexity index is 879. The Kier molecular flexibility index (Phi) is 5.63. The Labute approximate surface area is 186 Å². The number of carbonyl (C=O) groups excluding carboxylic acids is 1. The van der Waals surface area contributed by atoms with E-state index in [-0.39, 0.29) is 11.3 Å². The maximum Gasteiger partial charge on any atom is 0.254 e. The Hall–Kier alpha value is -2.14. The highest BCUT2D eigenvalue weighted by atomic mass is 16.1. The molecule has 5 nitrogen and oxygen atoms in total. The summed E-state index contributed by atoms with van der Waals surface area (Å²) in [4.78, 5) is 15.7. The van der Waals surface area contributed by atoms with Crippen molar-refractivity contribution in [2.75, 3.05) is 26.2 Å². The molecule has 6 rings (SSSR count). The van der Waals surface area contributed by atoms with Crippen LogP contribution in [0.2, 0.25) is 0 Å². The number of amides is 1. The topological polar surface area (TPSA) is 50.2 Å². The van der Waals surface area contributed by atoms with E-state index in [4.69, 9.17) is 5.10 Å². The van der Waals surface area contributed by atoms with Crippen molar-refractivity contribution in [2.45, 2.75) is 57.8 Å². The number of nitrogens with zero attached hydrogens (tertiary/aromatic N) is 3. The van der Waals surface area contributed by atoms with Gasteiger partial charge in [-0.1, -0.05) is 32.0 Å². The van der Waals surface area contributed by atoms with E-state index in [1.807, 2.05) is 29.1 Å². The third-order valence-electron chi connectivity index (χ3n) is 8.13. The summed E-state index contributed by atoms with van der Waals surface area (Å²) in [5.74, 6) is 2.52. The van der Waals surface area contributed by atoms with Crippen molar-refractivity contribution in [3.8, 4) is 5.69 Å². The minimum absolute atomic E-state index is 0.0417. The predicted molar refractivity (Wildman–Crippen MR) is 124 cm³/mol. The normalized spacial score (nSPS) is 28.9. The molecule has 1 N–H and O–H groups in total. The predicted octanol–water partition coefficient (Wildman–Crippen LogP) is 4.41. The fourth-order valence-corrected chi connectivity index (χ4v) is 7.01. The van der Waals surface area contributed by atoms with E-state index in [2.05, 4.69) is 36.2 Å². The van der Waals surface area contributed by atoms with Gasteiger partial charge in [-0.3, -0.25) is 4.79 Å². The zero-order chi connectivity index (χ0) is 21.4. The van der Waals surface area contributed by atoms with E-state index in [0.29, 0.717) is 6.54 Å². The van der Waals surface area contributed by atoms with Crippen LogP contribution in [-0.2, 0) is 5.41 Å². The van der Waals surface area contributed by atoms with Crippen molar-refractivity contribution in [2.24, 2.45) is 17.8 Å². The molecule has 0 unspecified atom stereocenters. The van der Waals surface area contributed by atoms with Crippen molar-refractivity contribution in [1.29, 1.82) is 0 Å². The van der Waals surface area contributed by atoms with E-state index >= 15 is 0 Å². The van der Waals surface area contributed by atoms with Crippen LogP contribution in [0.4, 0.5) is 0 Å². The molecular weight excluding hydrogens is 384 g/mol. The molecule has 1 amide bonds. The molecular formula is C26H36N4O. The number of aromatic nitrogens is 2. The van der Waals surface area contributed by atoms with E-state index in [1.54, 1.807) is 0 Å². The van der Waals surface area contributed by atoms with Crippen molar-refractivity contribution < 1.29 is 4.79 Å². The first-order valence-corrected chi connectivity index (χ1v) is 12.3. The lowest BCUT2D eigenvalue weighted by atomic mass is 9.48. The van der Waals surface area contributed by atoms with Crippen LogP contribution in [0.1, 0.15) is 68.4 Å². The number of hydrogen-bond donors (Lipinski definition) is 1. The van der Waals surface area contributed by atoms with Gasteiger partial charge in [0.1, 0.15) is 0 Å². The quantitative estimate of drug-likeness (QED) is 0.688. The second-order valence-corrected chi connectivity index (χ2v) is 10.2. The maximum atomic E-state index is 13.4. The third kappa shape index (κ3) is 3.93. The highest BCUT2D eigenvalue weighted by molar-refractivity contribution is 5.95. The van der Waals surface area contributed by atoms with Crippen LogP contribution in [-0.4, -0.2) is 46.8 Å². The van der Waals surface area contributed by atoms with Crippen LogP contribution in [0, 0.1) is 17.8 Å². The first-order valence-electron chi connectivity index (χ1n) is 12.3. The lowest BCUT2D eigenvalue weighted by molar-refractivity contribution is -0.00770. The minimum atomic E-state index is 0.0417. The zero-order valence-electron chi connectivity index (χ0n) is 19.0. The number of likely N-dealkylation sites (N-methyl/N-ethyl adjacent to an activating group) is 1. The molecule has 0 spiro atoms. The van der Waals surface area contributed by atoms with Gasteiger partial charge < -0.3 is 10.2 Å². The molecule has 1 aromatic heterocycles. The summed E-state index contributed by atoms with van der Waals surface area (Å²) in [6.07, 6.45) is 9.80. The van der Waals surface area contributed by atoms with Crippen LogP contribution in [0.3, 0.4) is 0 Å². The molecule has 4 fully saturated rings. The van der Waals surface area contributed by atoms with E-state index in [0.717, 1.165) is 54.3 Å². The molecule has 0 saturated heterocycles. The average Bonchev–Trinajstić information content (AvgIpc) is 3.23. The fourth-order valence-electron chi connectivity index (χ4n) is 7.01. The smallest absolute Gasteiger partial charge is 0.254 e. The van der Waals surface area contributed by atoms with Gasteiger partial charge in [0.25, 0.3) is 5.91 Å². The molecule has 0 radical (unpaired) electrons.